The fourth-order valence-corrected chi connectivity index (χ4v) is 2.43. The number of carbonyl (C=O) groups excluding carboxylic acids is 2. The van der Waals surface area contributed by atoms with Crippen LogP contribution in [0.25, 0.3) is 0 Å². The summed E-state index contributed by atoms with van der Waals surface area (Å²) in [5, 5.41) is 12.3. The van der Waals surface area contributed by atoms with Crippen molar-refractivity contribution in [2.24, 2.45) is 5.73 Å². The summed E-state index contributed by atoms with van der Waals surface area (Å²) in [5.41, 5.74) is 7.77. The van der Waals surface area contributed by atoms with E-state index < -0.39 is 5.92 Å². The third-order valence-corrected chi connectivity index (χ3v) is 3.49. The second-order valence-corrected chi connectivity index (χ2v) is 5.45. The summed E-state index contributed by atoms with van der Waals surface area (Å²) in [6, 6.07) is 16.7. The molecule has 1 atom stereocenters. The molecule has 0 aromatic heterocycles. The zero-order valence-electron chi connectivity index (χ0n) is 13.8. The number of rotatable bonds is 5. The van der Waals surface area contributed by atoms with Crippen molar-refractivity contribution in [2.75, 3.05) is 5.32 Å². The van der Waals surface area contributed by atoms with E-state index in [1.165, 1.54) is 6.92 Å². The maximum absolute atomic E-state index is 12.4. The van der Waals surface area contributed by atoms with Gasteiger partial charge in [0.05, 0.1) is 5.92 Å². The summed E-state index contributed by atoms with van der Waals surface area (Å²) in [5.74, 6) is -1.28. The zero-order valence-corrected chi connectivity index (χ0v) is 14.6. The van der Waals surface area contributed by atoms with Gasteiger partial charge in [0, 0.05) is 12.6 Å². The van der Waals surface area contributed by atoms with E-state index in [9.17, 15) is 9.59 Å². The lowest BCUT2D eigenvalue weighted by Gasteiger charge is -2.17. The summed E-state index contributed by atoms with van der Waals surface area (Å²) in [4.78, 5) is 23.4. The van der Waals surface area contributed by atoms with Gasteiger partial charge in [-0.25, -0.2) is 0 Å². The first-order valence-electron chi connectivity index (χ1n) is 7.52. The Bertz CT molecular complexity index is 733. The molecule has 0 aliphatic rings. The predicted octanol–water partition coefficient (Wildman–Crippen LogP) is 2.40. The molecular formula is C18H21ClN4O2. The first-order chi connectivity index (χ1) is 11.5. The standard InChI is InChI=1S/C18H20N4O2.ClH/c1-12(23)21-15-9-7-13(8-10-15)11-16(17(24)22-18(19)20)14-5-3-2-4-6-14;/h2-10,16H,11H2,1H3,(H,21,23)(H4,19,20,22,24);1H. The lowest BCUT2D eigenvalue weighted by molar-refractivity contribution is -0.121. The molecule has 0 spiro atoms. The quantitative estimate of drug-likeness (QED) is 0.485. The highest BCUT2D eigenvalue weighted by Gasteiger charge is 2.21. The van der Waals surface area contributed by atoms with Gasteiger partial charge in [-0.15, -0.1) is 12.4 Å². The fraction of sp³-hybridized carbons (Fsp3) is 0.167. The van der Waals surface area contributed by atoms with Crippen molar-refractivity contribution in [2.45, 2.75) is 19.3 Å². The van der Waals surface area contributed by atoms with E-state index in [0.717, 1.165) is 11.1 Å². The lowest BCUT2D eigenvalue weighted by Crippen LogP contribution is -2.39. The Morgan fingerprint density at radius 1 is 1.08 bits per heavy atom. The van der Waals surface area contributed by atoms with Crippen molar-refractivity contribution in [3.63, 3.8) is 0 Å². The minimum Gasteiger partial charge on any atom is -0.370 e. The average Bonchev–Trinajstić information content (AvgIpc) is 2.53. The van der Waals surface area contributed by atoms with Gasteiger partial charge in [0.1, 0.15) is 0 Å². The van der Waals surface area contributed by atoms with Crippen LogP contribution in [-0.4, -0.2) is 17.8 Å². The largest absolute Gasteiger partial charge is 0.370 e. The molecule has 25 heavy (non-hydrogen) atoms. The summed E-state index contributed by atoms with van der Waals surface area (Å²) < 4.78 is 0. The summed E-state index contributed by atoms with van der Waals surface area (Å²) in [6.45, 7) is 1.45. The molecule has 2 rings (SSSR count). The molecule has 0 saturated carbocycles. The molecule has 2 aromatic rings. The molecule has 132 valence electrons. The monoisotopic (exact) mass is 360 g/mol. The van der Waals surface area contributed by atoms with E-state index in [-0.39, 0.29) is 30.2 Å². The van der Waals surface area contributed by atoms with Crippen LogP contribution in [0.3, 0.4) is 0 Å². The average molecular weight is 361 g/mol. The Morgan fingerprint density at radius 2 is 1.68 bits per heavy atom. The van der Waals surface area contributed by atoms with Crippen molar-refractivity contribution >= 4 is 35.9 Å². The summed E-state index contributed by atoms with van der Waals surface area (Å²) >= 11 is 0. The van der Waals surface area contributed by atoms with Crippen molar-refractivity contribution in [3.05, 3.63) is 65.7 Å². The van der Waals surface area contributed by atoms with Crippen LogP contribution in [0.15, 0.2) is 54.6 Å². The molecular weight excluding hydrogens is 340 g/mol. The fourth-order valence-electron chi connectivity index (χ4n) is 2.43. The van der Waals surface area contributed by atoms with E-state index in [2.05, 4.69) is 10.6 Å². The molecule has 0 saturated heterocycles. The first-order valence-corrected chi connectivity index (χ1v) is 7.52. The number of guanidine groups is 1. The van der Waals surface area contributed by atoms with Gasteiger partial charge in [-0.1, -0.05) is 42.5 Å². The van der Waals surface area contributed by atoms with Gasteiger partial charge in [0.15, 0.2) is 5.96 Å². The minimum atomic E-state index is -0.457. The number of halogens is 1. The molecule has 0 heterocycles. The van der Waals surface area contributed by atoms with Gasteiger partial charge in [-0.3, -0.25) is 20.3 Å². The number of nitrogens with two attached hydrogens (primary N) is 1. The number of nitrogens with one attached hydrogen (secondary N) is 3. The Morgan fingerprint density at radius 3 is 2.20 bits per heavy atom. The molecule has 5 N–H and O–H groups in total. The highest BCUT2D eigenvalue weighted by Crippen LogP contribution is 2.22. The first kappa shape index (κ1) is 20.2. The molecule has 2 amide bonds. The van der Waals surface area contributed by atoms with Gasteiger partial charge in [0.25, 0.3) is 0 Å². The van der Waals surface area contributed by atoms with Gasteiger partial charge in [-0.05, 0) is 29.7 Å². The topological polar surface area (TPSA) is 108 Å². The molecule has 6 nitrogen and oxygen atoms in total. The molecule has 2 aromatic carbocycles. The van der Waals surface area contributed by atoms with Crippen LogP contribution in [0.2, 0.25) is 0 Å². The van der Waals surface area contributed by atoms with Gasteiger partial charge in [-0.2, -0.15) is 0 Å². The number of benzene rings is 2. The second-order valence-electron chi connectivity index (χ2n) is 5.45. The molecule has 0 aliphatic carbocycles. The number of amides is 2. The van der Waals surface area contributed by atoms with Gasteiger partial charge >= 0.3 is 0 Å². The van der Waals surface area contributed by atoms with Crippen LogP contribution in [0.1, 0.15) is 24.0 Å². The molecule has 7 heteroatoms. The van der Waals surface area contributed by atoms with Crippen LogP contribution in [0, 0.1) is 5.41 Å². The van der Waals surface area contributed by atoms with E-state index in [1.54, 1.807) is 12.1 Å². The van der Waals surface area contributed by atoms with Crippen LogP contribution in [0.4, 0.5) is 5.69 Å². The van der Waals surface area contributed by atoms with Crippen LogP contribution in [0.5, 0.6) is 0 Å². The molecule has 0 aliphatic heterocycles. The van der Waals surface area contributed by atoms with E-state index in [1.807, 2.05) is 42.5 Å². The Labute approximate surface area is 152 Å². The smallest absolute Gasteiger partial charge is 0.234 e. The van der Waals surface area contributed by atoms with Crippen LogP contribution in [-0.2, 0) is 16.0 Å². The highest BCUT2D eigenvalue weighted by molar-refractivity contribution is 5.98. The Balaban J connectivity index is 0.00000312. The number of anilines is 1. The number of hydrogen-bond donors (Lipinski definition) is 4. The highest BCUT2D eigenvalue weighted by atomic mass is 35.5. The predicted molar refractivity (Wildman–Crippen MR) is 101 cm³/mol. The summed E-state index contributed by atoms with van der Waals surface area (Å²) in [7, 11) is 0. The van der Waals surface area contributed by atoms with E-state index >= 15 is 0 Å². The van der Waals surface area contributed by atoms with Crippen LogP contribution < -0.4 is 16.4 Å². The van der Waals surface area contributed by atoms with Crippen molar-refractivity contribution in [3.8, 4) is 0 Å². The zero-order chi connectivity index (χ0) is 17.5. The van der Waals surface area contributed by atoms with Gasteiger partial charge in [0.2, 0.25) is 11.8 Å². The Hall–Kier alpha value is -2.86. The van der Waals surface area contributed by atoms with Crippen LogP contribution >= 0.6 is 12.4 Å². The molecule has 0 fully saturated rings. The van der Waals surface area contributed by atoms with E-state index in [4.69, 9.17) is 11.1 Å². The second kappa shape index (κ2) is 9.44. The van der Waals surface area contributed by atoms with E-state index in [0.29, 0.717) is 12.1 Å². The normalized spacial score (nSPS) is 10.9. The lowest BCUT2D eigenvalue weighted by atomic mass is 9.91. The number of hydrogen-bond acceptors (Lipinski definition) is 3. The maximum atomic E-state index is 12.4. The summed E-state index contributed by atoms with van der Waals surface area (Å²) in [6.07, 6.45) is 0.462. The third kappa shape index (κ3) is 6.27. The van der Waals surface area contributed by atoms with Gasteiger partial charge < -0.3 is 11.1 Å². The third-order valence-electron chi connectivity index (χ3n) is 3.49. The molecule has 0 bridgehead atoms. The Kier molecular flexibility index (Phi) is 7.62. The van der Waals surface area contributed by atoms with Crippen molar-refractivity contribution in [1.82, 2.24) is 5.32 Å². The van der Waals surface area contributed by atoms with Crippen molar-refractivity contribution in [1.29, 1.82) is 5.41 Å². The molecule has 0 radical (unpaired) electrons. The maximum Gasteiger partial charge on any atom is 0.234 e. The SMILES string of the molecule is CC(=O)Nc1ccc(CC(C(=O)NC(=N)N)c2ccccc2)cc1.Cl. The van der Waals surface area contributed by atoms with Crippen molar-refractivity contribution < 1.29 is 9.59 Å². The number of carbonyl (C=O) groups is 2. The molecule has 1 unspecified atom stereocenters. The minimum absolute atomic E-state index is 0.